The minimum atomic E-state index is -0.0585. The molecular formula is C11H21BrN4O. The molecule has 2 atom stereocenters. The van der Waals surface area contributed by atoms with Crippen molar-refractivity contribution in [2.45, 2.75) is 38.8 Å². The molecule has 0 bridgehead atoms. The lowest BCUT2D eigenvalue weighted by atomic mass is 10.0. The third-order valence-corrected chi connectivity index (χ3v) is 3.35. The first-order valence-corrected chi connectivity index (χ1v) is 6.70. The van der Waals surface area contributed by atoms with Crippen LogP contribution in [0, 0.1) is 0 Å². The first kappa shape index (κ1) is 14.6. The highest BCUT2D eigenvalue weighted by molar-refractivity contribution is 9.10. The summed E-state index contributed by atoms with van der Waals surface area (Å²) in [5.41, 5.74) is 3.85. The molecular weight excluding hydrogens is 284 g/mol. The molecule has 0 amide bonds. The molecule has 3 N–H and O–H groups in total. The summed E-state index contributed by atoms with van der Waals surface area (Å²) in [6.07, 6.45) is 3.84. The van der Waals surface area contributed by atoms with E-state index in [4.69, 9.17) is 10.6 Å². The van der Waals surface area contributed by atoms with Crippen LogP contribution in [-0.2, 0) is 11.8 Å². The Morgan fingerprint density at radius 1 is 1.59 bits per heavy atom. The lowest BCUT2D eigenvalue weighted by molar-refractivity contribution is 0.0254. The van der Waals surface area contributed by atoms with Crippen LogP contribution >= 0.6 is 15.9 Å². The zero-order chi connectivity index (χ0) is 12.8. The monoisotopic (exact) mass is 304 g/mol. The number of hydrogen-bond acceptors (Lipinski definition) is 4. The van der Waals surface area contributed by atoms with Gasteiger partial charge in [0.25, 0.3) is 0 Å². The Kier molecular flexibility index (Phi) is 6.11. The summed E-state index contributed by atoms with van der Waals surface area (Å²) >= 11 is 3.49. The largest absolute Gasteiger partial charge is 0.376 e. The quantitative estimate of drug-likeness (QED) is 0.596. The number of aromatic nitrogens is 2. The Labute approximate surface area is 111 Å². The lowest BCUT2D eigenvalue weighted by Crippen LogP contribution is -2.39. The predicted molar refractivity (Wildman–Crippen MR) is 71.3 cm³/mol. The minimum Gasteiger partial charge on any atom is -0.376 e. The van der Waals surface area contributed by atoms with Gasteiger partial charge in [0.2, 0.25) is 0 Å². The summed E-state index contributed by atoms with van der Waals surface area (Å²) in [5, 5.41) is 4.21. The summed E-state index contributed by atoms with van der Waals surface area (Å²) in [5.74, 6) is 5.67. The molecule has 17 heavy (non-hydrogen) atoms. The molecule has 6 heteroatoms. The van der Waals surface area contributed by atoms with Gasteiger partial charge in [0, 0.05) is 13.7 Å². The normalized spacial score (nSPS) is 14.9. The SMILES string of the molecule is CCCC(OCC)C(NN)c1c(Br)cnn1C. The van der Waals surface area contributed by atoms with Crippen LogP contribution in [-0.4, -0.2) is 22.5 Å². The molecule has 1 aromatic rings. The van der Waals surface area contributed by atoms with E-state index in [1.165, 1.54) is 0 Å². The second kappa shape index (κ2) is 7.10. The third kappa shape index (κ3) is 3.51. The smallest absolute Gasteiger partial charge is 0.0901 e. The van der Waals surface area contributed by atoms with Crippen LogP contribution in [0.3, 0.4) is 0 Å². The fourth-order valence-electron chi connectivity index (χ4n) is 1.98. The van der Waals surface area contributed by atoms with Crippen LogP contribution in [0.2, 0.25) is 0 Å². The number of hydrogen-bond donors (Lipinski definition) is 2. The number of rotatable bonds is 7. The predicted octanol–water partition coefficient (Wildman–Crippen LogP) is 1.89. The number of nitrogens with zero attached hydrogens (tertiary/aromatic N) is 2. The average Bonchev–Trinajstić information content (AvgIpc) is 2.62. The van der Waals surface area contributed by atoms with Crippen molar-refractivity contribution < 1.29 is 4.74 Å². The molecule has 0 aliphatic heterocycles. The standard InChI is InChI=1S/C11H21BrN4O/c1-4-6-9(17-5-2)10(15-13)11-8(12)7-14-16(11)3/h7,9-10,15H,4-6,13H2,1-3H3. The van der Waals surface area contributed by atoms with Crippen LogP contribution in [0.1, 0.15) is 38.4 Å². The van der Waals surface area contributed by atoms with Crippen molar-refractivity contribution >= 4 is 15.9 Å². The lowest BCUT2D eigenvalue weighted by Gasteiger charge is -2.26. The van der Waals surface area contributed by atoms with Crippen molar-refractivity contribution in [2.75, 3.05) is 6.61 Å². The van der Waals surface area contributed by atoms with E-state index in [-0.39, 0.29) is 12.1 Å². The fourth-order valence-corrected chi connectivity index (χ4v) is 2.57. The van der Waals surface area contributed by atoms with E-state index in [1.807, 2.05) is 18.7 Å². The van der Waals surface area contributed by atoms with Gasteiger partial charge in [-0.1, -0.05) is 13.3 Å². The zero-order valence-corrected chi connectivity index (χ0v) is 12.2. The molecule has 0 saturated heterocycles. The van der Waals surface area contributed by atoms with E-state index in [1.54, 1.807) is 6.20 Å². The van der Waals surface area contributed by atoms with Crippen molar-refractivity contribution in [3.05, 3.63) is 16.4 Å². The Morgan fingerprint density at radius 2 is 2.29 bits per heavy atom. The molecule has 2 unspecified atom stereocenters. The van der Waals surface area contributed by atoms with E-state index >= 15 is 0 Å². The van der Waals surface area contributed by atoms with Gasteiger partial charge >= 0.3 is 0 Å². The minimum absolute atomic E-state index is 0.0571. The molecule has 0 aliphatic carbocycles. The second-order valence-electron chi connectivity index (χ2n) is 3.93. The van der Waals surface area contributed by atoms with Gasteiger partial charge in [0.05, 0.1) is 28.5 Å². The number of aryl methyl sites for hydroxylation is 1. The fraction of sp³-hybridized carbons (Fsp3) is 0.727. The van der Waals surface area contributed by atoms with E-state index in [0.29, 0.717) is 6.61 Å². The molecule has 1 heterocycles. The third-order valence-electron chi connectivity index (χ3n) is 2.74. The van der Waals surface area contributed by atoms with Crippen molar-refractivity contribution in [3.63, 3.8) is 0 Å². The molecule has 0 radical (unpaired) electrons. The highest BCUT2D eigenvalue weighted by atomic mass is 79.9. The topological polar surface area (TPSA) is 65.1 Å². The van der Waals surface area contributed by atoms with Crippen LogP contribution < -0.4 is 11.3 Å². The highest BCUT2D eigenvalue weighted by Gasteiger charge is 2.26. The van der Waals surface area contributed by atoms with Crippen LogP contribution in [0.25, 0.3) is 0 Å². The molecule has 0 spiro atoms. The van der Waals surface area contributed by atoms with E-state index < -0.39 is 0 Å². The first-order valence-electron chi connectivity index (χ1n) is 5.90. The van der Waals surface area contributed by atoms with Gasteiger partial charge in [-0.25, -0.2) is 5.43 Å². The highest BCUT2D eigenvalue weighted by Crippen LogP contribution is 2.27. The number of nitrogens with two attached hydrogens (primary N) is 1. The number of ether oxygens (including phenoxy) is 1. The summed E-state index contributed by atoms with van der Waals surface area (Å²) in [7, 11) is 1.90. The average molecular weight is 305 g/mol. The Balaban J connectivity index is 2.95. The second-order valence-corrected chi connectivity index (χ2v) is 4.78. The van der Waals surface area contributed by atoms with Gasteiger partial charge < -0.3 is 4.74 Å². The van der Waals surface area contributed by atoms with E-state index in [0.717, 1.165) is 23.0 Å². The number of hydrazine groups is 1. The van der Waals surface area contributed by atoms with Gasteiger partial charge in [0.15, 0.2) is 0 Å². The summed E-state index contributed by atoms with van der Waals surface area (Å²) in [6.45, 7) is 4.81. The van der Waals surface area contributed by atoms with Gasteiger partial charge in [0.1, 0.15) is 0 Å². The van der Waals surface area contributed by atoms with E-state index in [2.05, 4.69) is 33.4 Å². The maximum absolute atomic E-state index is 5.76. The van der Waals surface area contributed by atoms with Gasteiger partial charge in [-0.15, -0.1) is 0 Å². The van der Waals surface area contributed by atoms with Crippen molar-refractivity contribution in [3.8, 4) is 0 Å². The molecule has 98 valence electrons. The van der Waals surface area contributed by atoms with Crippen LogP contribution in [0.4, 0.5) is 0 Å². The van der Waals surface area contributed by atoms with Crippen molar-refractivity contribution in [1.29, 1.82) is 0 Å². The summed E-state index contributed by atoms with van der Waals surface area (Å²) in [6, 6.07) is -0.0585. The van der Waals surface area contributed by atoms with Crippen LogP contribution in [0.15, 0.2) is 10.7 Å². The molecule has 0 saturated carbocycles. The van der Waals surface area contributed by atoms with E-state index in [9.17, 15) is 0 Å². The Bertz CT molecular complexity index is 317. The Morgan fingerprint density at radius 3 is 2.71 bits per heavy atom. The van der Waals surface area contributed by atoms with Crippen LogP contribution in [0.5, 0.6) is 0 Å². The molecule has 5 nitrogen and oxygen atoms in total. The maximum atomic E-state index is 5.76. The zero-order valence-electron chi connectivity index (χ0n) is 10.6. The van der Waals surface area contributed by atoms with Crippen molar-refractivity contribution in [1.82, 2.24) is 15.2 Å². The first-order chi connectivity index (χ1) is 8.15. The Hall–Kier alpha value is -0.430. The molecule has 0 aromatic carbocycles. The number of nitrogens with one attached hydrogen (secondary N) is 1. The molecule has 1 aromatic heterocycles. The van der Waals surface area contributed by atoms with Gasteiger partial charge in [-0.05, 0) is 29.3 Å². The summed E-state index contributed by atoms with van der Waals surface area (Å²) in [4.78, 5) is 0. The molecule has 0 fully saturated rings. The maximum Gasteiger partial charge on any atom is 0.0901 e. The van der Waals surface area contributed by atoms with Gasteiger partial charge in [-0.2, -0.15) is 5.10 Å². The van der Waals surface area contributed by atoms with Gasteiger partial charge in [-0.3, -0.25) is 10.5 Å². The summed E-state index contributed by atoms with van der Waals surface area (Å²) < 4.78 is 8.53. The van der Waals surface area contributed by atoms with Crippen molar-refractivity contribution in [2.24, 2.45) is 12.9 Å². The molecule has 1 rings (SSSR count). The number of halogens is 1. The molecule has 0 aliphatic rings.